The van der Waals surface area contributed by atoms with E-state index in [0.29, 0.717) is 24.7 Å². The van der Waals surface area contributed by atoms with Crippen LogP contribution in [0.2, 0.25) is 0 Å². The highest BCUT2D eigenvalue weighted by atomic mass is 16.5. The van der Waals surface area contributed by atoms with E-state index in [0.717, 1.165) is 0 Å². The first-order valence-electron chi connectivity index (χ1n) is 6.04. The highest BCUT2D eigenvalue weighted by Crippen LogP contribution is 2.21. The van der Waals surface area contributed by atoms with E-state index in [1.807, 2.05) is 13.8 Å². The molecule has 1 heterocycles. The Morgan fingerprint density at radius 1 is 1.41 bits per heavy atom. The van der Waals surface area contributed by atoms with Gasteiger partial charge >= 0.3 is 0 Å². The fraction of sp³-hybridized carbons (Fsp3) is 0.833. The monoisotopic (exact) mass is 241 g/mol. The topological polar surface area (TPSA) is 74.2 Å². The maximum Gasteiger partial charge on any atom is 0.228 e. The van der Waals surface area contributed by atoms with Gasteiger partial charge in [-0.2, -0.15) is 4.98 Å². The SMILES string of the molecule is CCOC(C)c1noc(CC(N)C(C)(C)C)n1. The third-order valence-electron chi connectivity index (χ3n) is 2.77. The van der Waals surface area contributed by atoms with Crippen molar-refractivity contribution in [2.24, 2.45) is 11.1 Å². The molecule has 2 N–H and O–H groups in total. The van der Waals surface area contributed by atoms with Crippen LogP contribution in [-0.2, 0) is 11.2 Å². The minimum Gasteiger partial charge on any atom is -0.371 e. The summed E-state index contributed by atoms with van der Waals surface area (Å²) in [7, 11) is 0. The van der Waals surface area contributed by atoms with Gasteiger partial charge in [-0.15, -0.1) is 0 Å². The molecule has 2 atom stereocenters. The number of rotatable bonds is 5. The lowest BCUT2D eigenvalue weighted by molar-refractivity contribution is 0.0683. The van der Waals surface area contributed by atoms with Crippen LogP contribution in [0.3, 0.4) is 0 Å². The zero-order valence-electron chi connectivity index (χ0n) is 11.4. The van der Waals surface area contributed by atoms with Crippen molar-refractivity contribution in [1.29, 1.82) is 0 Å². The molecule has 0 aliphatic carbocycles. The van der Waals surface area contributed by atoms with Gasteiger partial charge in [0, 0.05) is 19.1 Å². The minimum absolute atomic E-state index is 0.00167. The smallest absolute Gasteiger partial charge is 0.228 e. The van der Waals surface area contributed by atoms with Crippen LogP contribution in [0.1, 0.15) is 52.4 Å². The predicted octanol–water partition coefficient (Wildman–Crippen LogP) is 2.08. The summed E-state index contributed by atoms with van der Waals surface area (Å²) in [6.45, 7) is 10.8. The number of ether oxygens (including phenoxy) is 1. The molecule has 0 bridgehead atoms. The van der Waals surface area contributed by atoms with Crippen molar-refractivity contribution in [2.75, 3.05) is 6.61 Å². The highest BCUT2D eigenvalue weighted by molar-refractivity contribution is 4.94. The lowest BCUT2D eigenvalue weighted by atomic mass is 9.85. The van der Waals surface area contributed by atoms with E-state index >= 15 is 0 Å². The lowest BCUT2D eigenvalue weighted by Crippen LogP contribution is -2.37. The summed E-state index contributed by atoms with van der Waals surface area (Å²) in [5.41, 5.74) is 6.10. The molecule has 0 aliphatic heterocycles. The molecule has 0 fully saturated rings. The molecule has 0 saturated carbocycles. The number of hydrogen-bond donors (Lipinski definition) is 1. The lowest BCUT2D eigenvalue weighted by Gasteiger charge is -2.25. The van der Waals surface area contributed by atoms with Gasteiger partial charge in [0.25, 0.3) is 0 Å². The molecule has 0 aromatic carbocycles. The Morgan fingerprint density at radius 2 is 2.06 bits per heavy atom. The van der Waals surface area contributed by atoms with Gasteiger partial charge in [0.2, 0.25) is 5.89 Å². The van der Waals surface area contributed by atoms with Crippen LogP contribution < -0.4 is 5.73 Å². The van der Waals surface area contributed by atoms with Gasteiger partial charge in [-0.1, -0.05) is 25.9 Å². The molecule has 0 amide bonds. The van der Waals surface area contributed by atoms with Crippen molar-refractivity contribution in [3.8, 4) is 0 Å². The molecule has 0 aliphatic rings. The van der Waals surface area contributed by atoms with Crippen molar-refractivity contribution >= 4 is 0 Å². The molecule has 0 radical (unpaired) electrons. The molecule has 1 rings (SSSR count). The molecule has 1 aromatic rings. The van der Waals surface area contributed by atoms with E-state index in [-0.39, 0.29) is 17.6 Å². The summed E-state index contributed by atoms with van der Waals surface area (Å²) in [6, 6.07) is -0.00167. The number of hydrogen-bond acceptors (Lipinski definition) is 5. The first-order chi connectivity index (χ1) is 7.84. The Labute approximate surface area is 103 Å². The number of nitrogens with zero attached hydrogens (tertiary/aromatic N) is 2. The summed E-state index contributed by atoms with van der Waals surface area (Å²) in [5.74, 6) is 1.16. The summed E-state index contributed by atoms with van der Waals surface area (Å²) >= 11 is 0. The van der Waals surface area contributed by atoms with E-state index in [9.17, 15) is 0 Å². The second-order valence-corrected chi connectivity index (χ2v) is 5.32. The first kappa shape index (κ1) is 14.1. The molecule has 5 nitrogen and oxygen atoms in total. The standard InChI is InChI=1S/C12H23N3O2/c1-6-16-8(2)11-14-10(17-15-11)7-9(13)12(3,4)5/h8-9H,6-7,13H2,1-5H3. The van der Waals surface area contributed by atoms with Gasteiger partial charge in [-0.05, 0) is 19.3 Å². The summed E-state index contributed by atoms with van der Waals surface area (Å²) < 4.78 is 10.6. The Bertz CT molecular complexity index is 344. The summed E-state index contributed by atoms with van der Waals surface area (Å²) in [4.78, 5) is 4.30. The molecule has 0 spiro atoms. The van der Waals surface area contributed by atoms with Crippen LogP contribution in [0, 0.1) is 5.41 Å². The van der Waals surface area contributed by atoms with Crippen LogP contribution >= 0.6 is 0 Å². The van der Waals surface area contributed by atoms with Crippen LogP contribution in [-0.4, -0.2) is 22.8 Å². The van der Waals surface area contributed by atoms with E-state index in [1.54, 1.807) is 0 Å². The second kappa shape index (κ2) is 5.60. The molecule has 17 heavy (non-hydrogen) atoms. The normalized spacial score (nSPS) is 15.9. The molecule has 0 saturated heterocycles. The van der Waals surface area contributed by atoms with Gasteiger partial charge in [0.1, 0.15) is 6.10 Å². The molecule has 2 unspecified atom stereocenters. The number of aromatic nitrogens is 2. The Hall–Kier alpha value is -0.940. The Morgan fingerprint density at radius 3 is 2.59 bits per heavy atom. The minimum atomic E-state index is -0.136. The van der Waals surface area contributed by atoms with Crippen molar-refractivity contribution in [2.45, 2.75) is 53.2 Å². The molecule has 5 heteroatoms. The zero-order chi connectivity index (χ0) is 13.1. The summed E-state index contributed by atoms with van der Waals surface area (Å²) in [6.07, 6.45) is 0.457. The molecule has 1 aromatic heterocycles. The quantitative estimate of drug-likeness (QED) is 0.854. The van der Waals surface area contributed by atoms with Crippen molar-refractivity contribution < 1.29 is 9.26 Å². The van der Waals surface area contributed by atoms with Crippen molar-refractivity contribution in [3.63, 3.8) is 0 Å². The van der Waals surface area contributed by atoms with Crippen LogP contribution in [0.15, 0.2) is 4.52 Å². The van der Waals surface area contributed by atoms with Crippen LogP contribution in [0.5, 0.6) is 0 Å². The molecular formula is C12H23N3O2. The fourth-order valence-corrected chi connectivity index (χ4v) is 1.33. The fourth-order valence-electron chi connectivity index (χ4n) is 1.33. The van der Waals surface area contributed by atoms with Crippen molar-refractivity contribution in [3.05, 3.63) is 11.7 Å². The van der Waals surface area contributed by atoms with E-state index in [1.165, 1.54) is 0 Å². The average molecular weight is 241 g/mol. The van der Waals surface area contributed by atoms with Gasteiger partial charge in [0.15, 0.2) is 5.82 Å². The molecule has 98 valence electrons. The Kier molecular flexibility index (Phi) is 4.65. The maximum absolute atomic E-state index is 6.07. The van der Waals surface area contributed by atoms with Crippen LogP contribution in [0.4, 0.5) is 0 Å². The molecular weight excluding hydrogens is 218 g/mol. The van der Waals surface area contributed by atoms with Crippen molar-refractivity contribution in [1.82, 2.24) is 10.1 Å². The Balaban J connectivity index is 2.63. The predicted molar refractivity (Wildman–Crippen MR) is 65.5 cm³/mol. The van der Waals surface area contributed by atoms with E-state index in [2.05, 4.69) is 30.9 Å². The van der Waals surface area contributed by atoms with E-state index < -0.39 is 0 Å². The van der Waals surface area contributed by atoms with Gasteiger partial charge in [0.05, 0.1) is 0 Å². The second-order valence-electron chi connectivity index (χ2n) is 5.32. The van der Waals surface area contributed by atoms with Gasteiger partial charge < -0.3 is 15.0 Å². The van der Waals surface area contributed by atoms with Gasteiger partial charge in [-0.25, -0.2) is 0 Å². The third-order valence-corrected chi connectivity index (χ3v) is 2.77. The number of nitrogens with two attached hydrogens (primary N) is 1. The first-order valence-corrected chi connectivity index (χ1v) is 6.04. The van der Waals surface area contributed by atoms with E-state index in [4.69, 9.17) is 15.0 Å². The van der Waals surface area contributed by atoms with Crippen LogP contribution in [0.25, 0.3) is 0 Å². The zero-order valence-corrected chi connectivity index (χ0v) is 11.4. The average Bonchev–Trinajstić information content (AvgIpc) is 2.65. The maximum atomic E-state index is 6.07. The summed E-state index contributed by atoms with van der Waals surface area (Å²) in [5, 5.41) is 3.90. The van der Waals surface area contributed by atoms with Gasteiger partial charge in [-0.3, -0.25) is 0 Å². The largest absolute Gasteiger partial charge is 0.371 e. The highest BCUT2D eigenvalue weighted by Gasteiger charge is 2.24. The third kappa shape index (κ3) is 4.09.